The smallest absolute Gasteiger partial charge is 0.261 e. The number of anilines is 2. The van der Waals surface area contributed by atoms with E-state index < -0.39 is 10.1 Å². The van der Waals surface area contributed by atoms with Crippen LogP contribution < -0.4 is 15.0 Å². The molecule has 0 atom stereocenters. The third kappa shape index (κ3) is 5.04. The van der Waals surface area contributed by atoms with Crippen molar-refractivity contribution in [3.63, 3.8) is 0 Å². The molecule has 3 aromatic carbocycles. The molecule has 8 heteroatoms. The maximum absolute atomic E-state index is 9.19. The molecule has 0 aliphatic carbocycles. The van der Waals surface area contributed by atoms with Gasteiger partial charge in [0.05, 0.1) is 13.4 Å². The fraction of sp³-hybridized carbons (Fsp3) is 0.190. The molecule has 152 valence electrons. The van der Waals surface area contributed by atoms with E-state index in [9.17, 15) is 8.42 Å². The van der Waals surface area contributed by atoms with Crippen molar-refractivity contribution in [3.05, 3.63) is 66.2 Å². The Labute approximate surface area is 170 Å². The van der Waals surface area contributed by atoms with Gasteiger partial charge in [0, 0.05) is 28.7 Å². The Balaban J connectivity index is 0.000000431. The molecule has 4 rings (SSSR count). The van der Waals surface area contributed by atoms with E-state index in [2.05, 4.69) is 23.5 Å². The highest BCUT2D eigenvalue weighted by Gasteiger charge is 2.22. The van der Waals surface area contributed by atoms with Gasteiger partial charge in [-0.3, -0.25) is 9.96 Å². The van der Waals surface area contributed by atoms with Crippen LogP contribution in [0.4, 0.5) is 11.4 Å². The largest absolute Gasteiger partial charge is 0.496 e. The first-order valence-electron chi connectivity index (χ1n) is 8.97. The second-order valence-corrected chi connectivity index (χ2v) is 8.06. The predicted octanol–water partition coefficient (Wildman–Crippen LogP) is 3.76. The number of nitrogens with one attached hydrogen (secondary N) is 2. The summed E-state index contributed by atoms with van der Waals surface area (Å²) in [5, 5.41) is 13.9. The van der Waals surface area contributed by atoms with E-state index in [4.69, 9.17) is 14.7 Å². The quantitative estimate of drug-likeness (QED) is 0.336. The van der Waals surface area contributed by atoms with Crippen LogP contribution in [0.15, 0.2) is 60.7 Å². The summed E-state index contributed by atoms with van der Waals surface area (Å²) in [4.78, 5) is 2.02. The van der Waals surface area contributed by atoms with Crippen molar-refractivity contribution < 1.29 is 17.7 Å². The van der Waals surface area contributed by atoms with Gasteiger partial charge in [-0.2, -0.15) is 8.42 Å². The zero-order valence-corrected chi connectivity index (χ0v) is 17.0. The van der Waals surface area contributed by atoms with Crippen LogP contribution >= 0.6 is 0 Å². The molecular weight excluding hydrogens is 390 g/mol. The van der Waals surface area contributed by atoms with Crippen LogP contribution in [0, 0.1) is 5.41 Å². The van der Waals surface area contributed by atoms with Gasteiger partial charge in [-0.05, 0) is 30.2 Å². The molecule has 1 aliphatic heterocycles. The standard InChI is InChI=1S/C20H19N3O.CH4O3S/c1-24-19-11-10-17(15-7-3-4-8-16(15)19)22-20(21)23-13-12-14-6-2-5-9-18(14)23;1-5(2,3)4/h2-11H,12-13H2,1H3,(H2,21,22);1H3,(H,2,3,4). The van der Waals surface area contributed by atoms with E-state index in [1.54, 1.807) is 7.11 Å². The summed E-state index contributed by atoms with van der Waals surface area (Å²) in [6, 6.07) is 20.3. The van der Waals surface area contributed by atoms with Gasteiger partial charge in [-0.1, -0.05) is 42.5 Å². The lowest BCUT2D eigenvalue weighted by atomic mass is 10.1. The molecule has 0 bridgehead atoms. The molecule has 0 fully saturated rings. The average Bonchev–Trinajstić information content (AvgIpc) is 3.11. The van der Waals surface area contributed by atoms with E-state index in [1.807, 2.05) is 47.4 Å². The minimum atomic E-state index is -3.67. The zero-order chi connectivity index (χ0) is 21.0. The van der Waals surface area contributed by atoms with Crippen molar-refractivity contribution in [1.29, 1.82) is 5.41 Å². The van der Waals surface area contributed by atoms with Gasteiger partial charge in [-0.25, -0.2) is 0 Å². The molecule has 0 saturated carbocycles. The van der Waals surface area contributed by atoms with Crippen molar-refractivity contribution in [3.8, 4) is 5.75 Å². The third-order valence-electron chi connectivity index (χ3n) is 4.51. The number of benzene rings is 3. The summed E-state index contributed by atoms with van der Waals surface area (Å²) in [5.74, 6) is 1.24. The van der Waals surface area contributed by atoms with Crippen molar-refractivity contribution in [1.82, 2.24) is 0 Å². The normalized spacial score (nSPS) is 12.7. The molecule has 3 N–H and O–H groups in total. The van der Waals surface area contributed by atoms with Crippen LogP contribution in [0.25, 0.3) is 10.8 Å². The molecule has 0 radical (unpaired) electrons. The summed E-state index contributed by atoms with van der Waals surface area (Å²) in [5.41, 5.74) is 3.33. The Bertz CT molecular complexity index is 1140. The van der Waals surface area contributed by atoms with Crippen LogP contribution in [-0.2, 0) is 16.5 Å². The lowest BCUT2D eigenvalue weighted by Crippen LogP contribution is -2.34. The number of ether oxygens (including phenoxy) is 1. The number of rotatable bonds is 2. The minimum absolute atomic E-state index is 0.398. The highest BCUT2D eigenvalue weighted by atomic mass is 32.2. The summed E-state index contributed by atoms with van der Waals surface area (Å²) in [7, 11) is -1.99. The summed E-state index contributed by atoms with van der Waals surface area (Å²) >= 11 is 0. The van der Waals surface area contributed by atoms with Gasteiger partial charge < -0.3 is 15.0 Å². The molecular formula is C21H23N3O4S. The van der Waals surface area contributed by atoms with Gasteiger partial charge in [0.2, 0.25) is 0 Å². The fourth-order valence-corrected chi connectivity index (χ4v) is 3.32. The highest BCUT2D eigenvalue weighted by molar-refractivity contribution is 7.85. The number of methoxy groups -OCH3 is 1. The Hall–Kier alpha value is -3.10. The van der Waals surface area contributed by atoms with Crippen molar-refractivity contribution in [2.24, 2.45) is 0 Å². The summed E-state index contributed by atoms with van der Waals surface area (Å²) < 4.78 is 31.3. The Morgan fingerprint density at radius 1 is 1.07 bits per heavy atom. The zero-order valence-electron chi connectivity index (χ0n) is 16.2. The number of para-hydroxylation sites is 1. The first-order chi connectivity index (χ1) is 13.8. The van der Waals surface area contributed by atoms with Crippen molar-refractivity contribution >= 4 is 38.2 Å². The lowest BCUT2D eigenvalue weighted by Gasteiger charge is -2.22. The van der Waals surface area contributed by atoms with Crippen LogP contribution in [0.5, 0.6) is 5.75 Å². The Kier molecular flexibility index (Phi) is 6.05. The number of guanidine groups is 1. The van der Waals surface area contributed by atoms with E-state index in [1.165, 1.54) is 5.56 Å². The molecule has 0 spiro atoms. The SMILES string of the molecule is COc1ccc(NC(=N)N2CCc3ccccc32)c2ccccc12.CS(=O)(=O)O. The van der Waals surface area contributed by atoms with Gasteiger partial charge in [-0.15, -0.1) is 0 Å². The van der Waals surface area contributed by atoms with Crippen molar-refractivity contribution in [2.45, 2.75) is 6.42 Å². The van der Waals surface area contributed by atoms with Gasteiger partial charge in [0.25, 0.3) is 10.1 Å². The molecule has 1 heterocycles. The molecule has 3 aromatic rings. The van der Waals surface area contributed by atoms with Crippen molar-refractivity contribution in [2.75, 3.05) is 30.1 Å². The van der Waals surface area contributed by atoms with E-state index in [-0.39, 0.29) is 0 Å². The van der Waals surface area contributed by atoms with Crippen LogP contribution in [0.2, 0.25) is 0 Å². The minimum Gasteiger partial charge on any atom is -0.496 e. The van der Waals surface area contributed by atoms with E-state index in [0.29, 0.717) is 12.2 Å². The average molecular weight is 413 g/mol. The maximum Gasteiger partial charge on any atom is 0.261 e. The van der Waals surface area contributed by atoms with Gasteiger partial charge >= 0.3 is 0 Å². The third-order valence-corrected chi connectivity index (χ3v) is 4.51. The molecule has 0 amide bonds. The molecule has 1 aliphatic rings. The molecule has 0 unspecified atom stereocenters. The van der Waals surface area contributed by atoms with Crippen LogP contribution in [0.3, 0.4) is 0 Å². The monoisotopic (exact) mass is 413 g/mol. The van der Waals surface area contributed by atoms with Gasteiger partial charge in [0.15, 0.2) is 5.96 Å². The number of fused-ring (bicyclic) bond motifs is 2. The highest BCUT2D eigenvalue weighted by Crippen LogP contribution is 2.32. The molecule has 0 aromatic heterocycles. The van der Waals surface area contributed by atoms with E-state index >= 15 is 0 Å². The molecule has 0 saturated heterocycles. The number of hydrogen-bond donors (Lipinski definition) is 3. The Morgan fingerprint density at radius 2 is 1.69 bits per heavy atom. The number of hydrogen-bond acceptors (Lipinski definition) is 4. The molecule has 7 nitrogen and oxygen atoms in total. The first-order valence-corrected chi connectivity index (χ1v) is 10.8. The van der Waals surface area contributed by atoms with Crippen LogP contribution in [0.1, 0.15) is 5.56 Å². The Morgan fingerprint density at radius 3 is 2.38 bits per heavy atom. The second kappa shape index (κ2) is 8.50. The predicted molar refractivity (Wildman–Crippen MR) is 117 cm³/mol. The molecule has 29 heavy (non-hydrogen) atoms. The topological polar surface area (TPSA) is 103 Å². The fourth-order valence-electron chi connectivity index (χ4n) is 3.32. The van der Waals surface area contributed by atoms with Crippen LogP contribution in [-0.4, -0.2) is 38.8 Å². The summed E-state index contributed by atoms with van der Waals surface area (Å²) in [6.07, 6.45) is 1.69. The first kappa shape index (κ1) is 20.6. The maximum atomic E-state index is 9.19. The van der Waals surface area contributed by atoms with E-state index in [0.717, 1.165) is 40.9 Å². The lowest BCUT2D eigenvalue weighted by molar-refractivity contribution is 0.420. The van der Waals surface area contributed by atoms with Gasteiger partial charge in [0.1, 0.15) is 5.75 Å². The number of nitrogens with zero attached hydrogens (tertiary/aromatic N) is 1. The summed E-state index contributed by atoms with van der Waals surface area (Å²) in [6.45, 7) is 0.833. The second-order valence-electron chi connectivity index (χ2n) is 6.60.